The van der Waals surface area contributed by atoms with Gasteiger partial charge in [0.1, 0.15) is 17.1 Å². The van der Waals surface area contributed by atoms with E-state index in [1.54, 1.807) is 49.3 Å². The van der Waals surface area contributed by atoms with E-state index >= 15 is 0 Å². The van der Waals surface area contributed by atoms with Crippen molar-refractivity contribution in [3.63, 3.8) is 0 Å². The Morgan fingerprint density at radius 2 is 2.25 bits per heavy atom. The molecule has 2 saturated heterocycles. The van der Waals surface area contributed by atoms with Crippen molar-refractivity contribution in [2.75, 3.05) is 23.9 Å². The lowest BCUT2D eigenvalue weighted by Gasteiger charge is -2.23. The number of nitrogens with one attached hydrogen (secondary N) is 1. The fourth-order valence-corrected chi connectivity index (χ4v) is 4.40. The first-order valence-electron chi connectivity index (χ1n) is 9.07. The molecule has 3 unspecified atom stereocenters. The molecule has 3 aliphatic heterocycles. The van der Waals surface area contributed by atoms with Gasteiger partial charge in [-0.15, -0.1) is 0 Å². The SMILES string of the molecule is COc1cccc(NC(=O)C2C3C=C[C@@]4(CN(c5cc(C)on5)C(=O)C24)O3)c1. The van der Waals surface area contributed by atoms with Crippen LogP contribution in [0.1, 0.15) is 5.76 Å². The fraction of sp³-hybridized carbons (Fsp3) is 0.350. The van der Waals surface area contributed by atoms with Crippen LogP contribution in [0.25, 0.3) is 0 Å². The zero-order valence-corrected chi connectivity index (χ0v) is 15.4. The van der Waals surface area contributed by atoms with Gasteiger partial charge >= 0.3 is 0 Å². The molecule has 0 saturated carbocycles. The summed E-state index contributed by atoms with van der Waals surface area (Å²) in [5.74, 6) is 0.0748. The minimum atomic E-state index is -0.801. The molecule has 5 rings (SSSR count). The highest BCUT2D eigenvalue weighted by Gasteiger charge is 2.67. The normalized spacial score (nSPS) is 30.0. The number of methoxy groups -OCH3 is 1. The summed E-state index contributed by atoms with van der Waals surface area (Å²) < 4.78 is 16.4. The van der Waals surface area contributed by atoms with Crippen LogP contribution in [0, 0.1) is 18.8 Å². The van der Waals surface area contributed by atoms with Gasteiger partial charge in [0, 0.05) is 17.8 Å². The maximum Gasteiger partial charge on any atom is 0.235 e. The summed E-state index contributed by atoms with van der Waals surface area (Å²) in [4.78, 5) is 27.8. The second kappa shape index (κ2) is 5.93. The first kappa shape index (κ1) is 17.0. The zero-order chi connectivity index (χ0) is 19.5. The molecular weight excluding hydrogens is 362 g/mol. The van der Waals surface area contributed by atoms with Crippen LogP contribution in [0.2, 0.25) is 0 Å². The van der Waals surface area contributed by atoms with E-state index in [1.165, 1.54) is 0 Å². The van der Waals surface area contributed by atoms with Crippen LogP contribution in [0.5, 0.6) is 5.75 Å². The number of hydrogen-bond acceptors (Lipinski definition) is 6. The second-order valence-corrected chi connectivity index (χ2v) is 7.34. The van der Waals surface area contributed by atoms with E-state index in [4.69, 9.17) is 14.0 Å². The number of carbonyl (C=O) groups is 2. The van der Waals surface area contributed by atoms with Gasteiger partial charge in [-0.05, 0) is 19.1 Å². The van der Waals surface area contributed by atoms with Crippen molar-refractivity contribution in [1.29, 1.82) is 0 Å². The minimum Gasteiger partial charge on any atom is -0.497 e. The molecular formula is C20H19N3O5. The van der Waals surface area contributed by atoms with E-state index in [0.717, 1.165) is 0 Å². The van der Waals surface area contributed by atoms with Crippen molar-refractivity contribution in [2.24, 2.45) is 11.8 Å². The summed E-state index contributed by atoms with van der Waals surface area (Å²) in [7, 11) is 1.57. The maximum absolute atomic E-state index is 13.2. The van der Waals surface area contributed by atoms with Crippen LogP contribution in [0.15, 0.2) is 47.0 Å². The van der Waals surface area contributed by atoms with Crippen molar-refractivity contribution in [1.82, 2.24) is 5.16 Å². The van der Waals surface area contributed by atoms with Crippen LogP contribution in [-0.4, -0.2) is 42.3 Å². The molecule has 2 bridgehead atoms. The minimum absolute atomic E-state index is 0.175. The van der Waals surface area contributed by atoms with Crippen LogP contribution in [0.4, 0.5) is 11.5 Å². The molecule has 1 aromatic heterocycles. The molecule has 3 aliphatic rings. The van der Waals surface area contributed by atoms with E-state index in [9.17, 15) is 9.59 Å². The van der Waals surface area contributed by atoms with E-state index in [2.05, 4.69) is 10.5 Å². The lowest BCUT2D eigenvalue weighted by molar-refractivity contribution is -0.128. The Hall–Kier alpha value is -3.13. The highest BCUT2D eigenvalue weighted by molar-refractivity contribution is 6.05. The lowest BCUT2D eigenvalue weighted by Crippen LogP contribution is -2.41. The number of fused-ring (bicyclic) bond motifs is 1. The van der Waals surface area contributed by atoms with Gasteiger partial charge in [0.25, 0.3) is 0 Å². The molecule has 2 aromatic rings. The molecule has 4 atom stereocenters. The van der Waals surface area contributed by atoms with Crippen molar-refractivity contribution in [2.45, 2.75) is 18.6 Å². The number of aromatic nitrogens is 1. The monoisotopic (exact) mass is 381 g/mol. The first-order valence-corrected chi connectivity index (χ1v) is 9.07. The smallest absolute Gasteiger partial charge is 0.235 e. The van der Waals surface area contributed by atoms with Crippen LogP contribution in [0.3, 0.4) is 0 Å². The molecule has 28 heavy (non-hydrogen) atoms. The van der Waals surface area contributed by atoms with Gasteiger partial charge in [-0.2, -0.15) is 0 Å². The highest BCUT2D eigenvalue weighted by Crippen LogP contribution is 2.52. The second-order valence-electron chi connectivity index (χ2n) is 7.34. The van der Waals surface area contributed by atoms with Gasteiger partial charge in [-0.25, -0.2) is 0 Å². The molecule has 4 heterocycles. The number of ether oxygens (including phenoxy) is 2. The average Bonchev–Trinajstić information content (AvgIpc) is 3.43. The van der Waals surface area contributed by atoms with Gasteiger partial charge < -0.3 is 19.3 Å². The van der Waals surface area contributed by atoms with Crippen molar-refractivity contribution in [3.8, 4) is 5.75 Å². The number of nitrogens with zero attached hydrogens (tertiary/aromatic N) is 2. The van der Waals surface area contributed by atoms with Crippen molar-refractivity contribution in [3.05, 3.63) is 48.2 Å². The molecule has 1 spiro atoms. The topological polar surface area (TPSA) is 93.9 Å². The Balaban J connectivity index is 1.42. The fourth-order valence-electron chi connectivity index (χ4n) is 4.40. The summed E-state index contributed by atoms with van der Waals surface area (Å²) in [6, 6.07) is 8.81. The largest absolute Gasteiger partial charge is 0.497 e. The standard InChI is InChI=1S/C20H19N3O5/c1-11-8-15(22-28-11)23-10-20-7-6-14(27-20)16(17(20)19(23)25)18(24)21-12-4-3-5-13(9-12)26-2/h3-9,14,16-17H,10H2,1-2H3,(H,21,24)/t14?,16?,17?,20-/m0/s1. The van der Waals surface area contributed by atoms with Crippen LogP contribution >= 0.6 is 0 Å². The summed E-state index contributed by atoms with van der Waals surface area (Å²) in [6.07, 6.45) is 3.36. The Kier molecular flexibility index (Phi) is 3.60. The van der Waals surface area contributed by atoms with Gasteiger partial charge in [0.2, 0.25) is 11.8 Å². The molecule has 144 valence electrons. The Labute approximate surface area is 161 Å². The highest BCUT2D eigenvalue weighted by atomic mass is 16.5. The predicted molar refractivity (Wildman–Crippen MR) is 98.9 cm³/mol. The molecule has 0 radical (unpaired) electrons. The lowest BCUT2D eigenvalue weighted by atomic mass is 9.77. The van der Waals surface area contributed by atoms with Gasteiger partial charge in [-0.3, -0.25) is 14.5 Å². The Bertz CT molecular complexity index is 999. The van der Waals surface area contributed by atoms with Crippen molar-refractivity contribution >= 4 is 23.3 Å². The molecule has 8 nitrogen and oxygen atoms in total. The van der Waals surface area contributed by atoms with E-state index in [1.807, 2.05) is 12.2 Å². The van der Waals surface area contributed by atoms with Gasteiger partial charge in [0.15, 0.2) is 5.82 Å². The number of anilines is 2. The molecule has 0 aliphatic carbocycles. The Morgan fingerprint density at radius 3 is 3.00 bits per heavy atom. The third-order valence-corrected chi connectivity index (χ3v) is 5.63. The van der Waals surface area contributed by atoms with Crippen molar-refractivity contribution < 1.29 is 23.6 Å². The van der Waals surface area contributed by atoms with Gasteiger partial charge in [-0.1, -0.05) is 23.4 Å². The zero-order valence-electron chi connectivity index (χ0n) is 15.4. The average molecular weight is 381 g/mol. The number of aryl methyl sites for hydroxylation is 1. The number of benzene rings is 1. The molecule has 2 amide bonds. The number of hydrogen-bond donors (Lipinski definition) is 1. The summed E-state index contributed by atoms with van der Waals surface area (Å²) >= 11 is 0. The van der Waals surface area contributed by atoms with Crippen LogP contribution in [-0.2, 0) is 14.3 Å². The van der Waals surface area contributed by atoms with E-state index in [0.29, 0.717) is 29.6 Å². The van der Waals surface area contributed by atoms with E-state index in [-0.39, 0.29) is 11.8 Å². The molecule has 2 fully saturated rings. The number of rotatable bonds is 4. The maximum atomic E-state index is 13.2. The predicted octanol–water partition coefficient (Wildman–Crippen LogP) is 1.92. The van der Waals surface area contributed by atoms with Gasteiger partial charge in [0.05, 0.1) is 31.6 Å². The molecule has 1 N–H and O–H groups in total. The third-order valence-electron chi connectivity index (χ3n) is 5.63. The quantitative estimate of drug-likeness (QED) is 0.814. The molecule has 1 aromatic carbocycles. The van der Waals surface area contributed by atoms with Crippen LogP contribution < -0.4 is 15.0 Å². The first-order chi connectivity index (χ1) is 13.5. The Morgan fingerprint density at radius 1 is 1.39 bits per heavy atom. The van der Waals surface area contributed by atoms with E-state index < -0.39 is 23.5 Å². The summed E-state index contributed by atoms with van der Waals surface area (Å²) in [5, 5.41) is 6.84. The third kappa shape index (κ3) is 2.37. The number of amides is 2. The number of carbonyl (C=O) groups excluding carboxylic acids is 2. The summed E-state index contributed by atoms with van der Waals surface area (Å²) in [5.41, 5.74) is -0.190. The molecule has 8 heteroatoms. The summed E-state index contributed by atoms with van der Waals surface area (Å²) in [6.45, 7) is 2.08.